The molecule has 0 amide bonds. The van der Waals surface area contributed by atoms with E-state index >= 15 is 0 Å². The Labute approximate surface area is 104 Å². The van der Waals surface area contributed by atoms with E-state index in [1.165, 1.54) is 44.9 Å². The quantitative estimate of drug-likeness (QED) is 0.325. The van der Waals surface area contributed by atoms with Crippen LogP contribution in [0.1, 0.15) is 72.6 Å². The van der Waals surface area contributed by atoms with Crippen molar-refractivity contribution < 1.29 is 0 Å². The maximum atomic E-state index is 2.39. The largest absolute Gasteiger partial charge is 0.0885 e. The van der Waals surface area contributed by atoms with Crippen molar-refractivity contribution in [3.63, 3.8) is 0 Å². The van der Waals surface area contributed by atoms with Crippen LogP contribution in [-0.4, -0.2) is 0 Å². The van der Waals surface area contributed by atoms with Crippen LogP contribution in [0.2, 0.25) is 0 Å². The monoisotopic (exact) mass is 223 g/mol. The molecule has 0 aliphatic carbocycles. The summed E-state index contributed by atoms with van der Waals surface area (Å²) in [6.45, 7) is 9.11. The molecule has 16 heavy (non-hydrogen) atoms. The van der Waals surface area contributed by atoms with Gasteiger partial charge in [-0.25, -0.2) is 0 Å². The van der Waals surface area contributed by atoms with Gasteiger partial charge in [-0.15, -0.1) is 0 Å². The molecular formula is C16H31. The molecule has 0 aromatic heterocycles. The highest BCUT2D eigenvalue weighted by Gasteiger charge is 2.05. The SMILES string of the molecule is C[CH]C(C)CC(C)CC=CCCCCCC. The molecule has 0 aromatic carbocycles. The van der Waals surface area contributed by atoms with Gasteiger partial charge >= 0.3 is 0 Å². The van der Waals surface area contributed by atoms with E-state index in [4.69, 9.17) is 0 Å². The van der Waals surface area contributed by atoms with E-state index in [-0.39, 0.29) is 0 Å². The molecule has 0 saturated carbocycles. The van der Waals surface area contributed by atoms with Crippen LogP contribution in [0.15, 0.2) is 12.2 Å². The van der Waals surface area contributed by atoms with E-state index in [0.717, 1.165) is 11.8 Å². The summed E-state index contributed by atoms with van der Waals surface area (Å²) in [5.41, 5.74) is 0. The van der Waals surface area contributed by atoms with Gasteiger partial charge in [0.2, 0.25) is 0 Å². The first-order chi connectivity index (χ1) is 7.70. The minimum absolute atomic E-state index is 0.771. The molecule has 0 aliphatic heterocycles. The van der Waals surface area contributed by atoms with Crippen LogP contribution in [-0.2, 0) is 0 Å². The minimum Gasteiger partial charge on any atom is -0.0885 e. The molecule has 2 unspecified atom stereocenters. The van der Waals surface area contributed by atoms with Crippen molar-refractivity contribution in [3.05, 3.63) is 18.6 Å². The first-order valence-corrected chi connectivity index (χ1v) is 7.15. The lowest BCUT2D eigenvalue weighted by atomic mass is 9.93. The molecule has 0 N–H and O–H groups in total. The van der Waals surface area contributed by atoms with Crippen molar-refractivity contribution in [1.82, 2.24) is 0 Å². The van der Waals surface area contributed by atoms with Gasteiger partial charge in [-0.05, 0) is 43.9 Å². The molecule has 0 fully saturated rings. The van der Waals surface area contributed by atoms with Crippen molar-refractivity contribution in [2.45, 2.75) is 72.6 Å². The van der Waals surface area contributed by atoms with E-state index in [9.17, 15) is 0 Å². The molecule has 0 aromatic rings. The van der Waals surface area contributed by atoms with Gasteiger partial charge in [-0.2, -0.15) is 0 Å². The van der Waals surface area contributed by atoms with Gasteiger partial charge in [-0.3, -0.25) is 0 Å². The van der Waals surface area contributed by atoms with Crippen molar-refractivity contribution in [3.8, 4) is 0 Å². The molecule has 0 nitrogen and oxygen atoms in total. The van der Waals surface area contributed by atoms with E-state index in [1.807, 2.05) is 0 Å². The first kappa shape index (κ1) is 15.7. The molecule has 95 valence electrons. The maximum absolute atomic E-state index is 2.39. The van der Waals surface area contributed by atoms with Crippen LogP contribution in [0.4, 0.5) is 0 Å². The zero-order valence-electron chi connectivity index (χ0n) is 11.8. The molecular weight excluding hydrogens is 192 g/mol. The van der Waals surface area contributed by atoms with Crippen LogP contribution in [0, 0.1) is 18.3 Å². The molecule has 0 saturated heterocycles. The van der Waals surface area contributed by atoms with E-state index in [0.29, 0.717) is 0 Å². The van der Waals surface area contributed by atoms with Gasteiger partial charge < -0.3 is 0 Å². The topological polar surface area (TPSA) is 0 Å². The van der Waals surface area contributed by atoms with Crippen LogP contribution in [0.5, 0.6) is 0 Å². The van der Waals surface area contributed by atoms with Gasteiger partial charge in [0.15, 0.2) is 0 Å². The number of unbranched alkanes of at least 4 members (excludes halogenated alkanes) is 4. The number of rotatable bonds is 10. The van der Waals surface area contributed by atoms with Crippen molar-refractivity contribution in [2.24, 2.45) is 11.8 Å². The first-order valence-electron chi connectivity index (χ1n) is 7.15. The minimum atomic E-state index is 0.771. The summed E-state index contributed by atoms with van der Waals surface area (Å²) in [6, 6.07) is 0. The summed E-state index contributed by atoms with van der Waals surface area (Å²) in [5, 5.41) is 0. The number of hydrogen-bond donors (Lipinski definition) is 0. The Morgan fingerprint density at radius 3 is 2.38 bits per heavy atom. The zero-order valence-corrected chi connectivity index (χ0v) is 11.8. The van der Waals surface area contributed by atoms with Gasteiger partial charge in [0.25, 0.3) is 0 Å². The van der Waals surface area contributed by atoms with Crippen LogP contribution in [0.25, 0.3) is 0 Å². The Kier molecular flexibility index (Phi) is 11.0. The van der Waals surface area contributed by atoms with E-state index < -0.39 is 0 Å². The van der Waals surface area contributed by atoms with Crippen molar-refractivity contribution >= 4 is 0 Å². The van der Waals surface area contributed by atoms with Crippen LogP contribution < -0.4 is 0 Å². The third kappa shape index (κ3) is 10.3. The average Bonchev–Trinajstić information content (AvgIpc) is 2.27. The lowest BCUT2D eigenvalue weighted by Gasteiger charge is -2.13. The summed E-state index contributed by atoms with van der Waals surface area (Å²) in [6.07, 6.45) is 16.5. The fourth-order valence-electron chi connectivity index (χ4n) is 2.00. The number of hydrogen-bond acceptors (Lipinski definition) is 0. The molecule has 0 heteroatoms. The third-order valence-electron chi connectivity index (χ3n) is 3.27. The standard InChI is InChI=1S/C16H31/c1-5-7-8-9-10-11-12-13-16(4)14-15(3)6-2/h6,11-12,15-16H,5,7-10,13-14H2,1-4H3. The Morgan fingerprint density at radius 2 is 1.75 bits per heavy atom. The summed E-state index contributed by atoms with van der Waals surface area (Å²) < 4.78 is 0. The highest BCUT2D eigenvalue weighted by molar-refractivity contribution is 4.84. The van der Waals surface area contributed by atoms with Crippen molar-refractivity contribution in [1.29, 1.82) is 0 Å². The zero-order chi connectivity index (χ0) is 12.2. The molecule has 0 heterocycles. The second-order valence-corrected chi connectivity index (χ2v) is 5.21. The molecule has 0 aliphatic rings. The fraction of sp³-hybridized carbons (Fsp3) is 0.812. The molecule has 0 bridgehead atoms. The van der Waals surface area contributed by atoms with Gasteiger partial charge in [-0.1, -0.05) is 59.1 Å². The Morgan fingerprint density at radius 1 is 1.00 bits per heavy atom. The highest BCUT2D eigenvalue weighted by Crippen LogP contribution is 2.17. The molecule has 1 radical (unpaired) electrons. The highest BCUT2D eigenvalue weighted by atomic mass is 14.1. The third-order valence-corrected chi connectivity index (χ3v) is 3.27. The fourth-order valence-corrected chi connectivity index (χ4v) is 2.00. The predicted molar refractivity (Wildman–Crippen MR) is 75.4 cm³/mol. The van der Waals surface area contributed by atoms with Crippen molar-refractivity contribution in [2.75, 3.05) is 0 Å². The molecule has 0 spiro atoms. The number of allylic oxidation sites excluding steroid dienone is 2. The summed E-state index contributed by atoms with van der Waals surface area (Å²) in [5.74, 6) is 1.60. The van der Waals surface area contributed by atoms with Gasteiger partial charge in [0.1, 0.15) is 0 Å². The maximum Gasteiger partial charge on any atom is -0.0325 e. The summed E-state index contributed by atoms with van der Waals surface area (Å²) in [7, 11) is 0. The molecule has 0 rings (SSSR count). The summed E-state index contributed by atoms with van der Waals surface area (Å²) in [4.78, 5) is 0. The second kappa shape index (κ2) is 11.2. The lowest BCUT2D eigenvalue weighted by Crippen LogP contribution is -2.01. The Balaban J connectivity index is 3.37. The van der Waals surface area contributed by atoms with Gasteiger partial charge in [0, 0.05) is 0 Å². The second-order valence-electron chi connectivity index (χ2n) is 5.21. The van der Waals surface area contributed by atoms with Crippen LogP contribution in [0.3, 0.4) is 0 Å². The Bertz CT molecular complexity index is 157. The van der Waals surface area contributed by atoms with Crippen LogP contribution >= 0.6 is 0 Å². The average molecular weight is 223 g/mol. The van der Waals surface area contributed by atoms with E-state index in [1.54, 1.807) is 0 Å². The smallest absolute Gasteiger partial charge is 0.0325 e. The van der Waals surface area contributed by atoms with E-state index in [2.05, 4.69) is 46.3 Å². The Hall–Kier alpha value is -0.260. The summed E-state index contributed by atoms with van der Waals surface area (Å²) >= 11 is 0. The normalized spacial score (nSPS) is 15.5. The molecule has 2 atom stereocenters. The van der Waals surface area contributed by atoms with Gasteiger partial charge in [0.05, 0.1) is 0 Å². The lowest BCUT2D eigenvalue weighted by molar-refractivity contribution is 0.454. The predicted octanol–water partition coefficient (Wildman–Crippen LogP) is 5.79.